The Kier molecular flexibility index (Phi) is 5.15. The van der Waals surface area contributed by atoms with Crippen LogP contribution in [0.3, 0.4) is 0 Å². The molecule has 10 nitrogen and oxygen atoms in total. The van der Waals surface area contributed by atoms with Crippen LogP contribution in [0, 0.1) is 24.2 Å². The number of H-pyrrole nitrogens is 1. The molecule has 0 radical (unpaired) electrons. The number of carbonyl (C=O) groups excluding carboxylic acids is 1. The summed E-state index contributed by atoms with van der Waals surface area (Å²) in [6.45, 7) is 3.46. The summed E-state index contributed by atoms with van der Waals surface area (Å²) < 4.78 is 1.76. The van der Waals surface area contributed by atoms with E-state index in [4.69, 9.17) is 10.1 Å². The normalized spacial score (nSPS) is 22.7. The van der Waals surface area contributed by atoms with E-state index >= 15 is 0 Å². The minimum absolute atomic E-state index is 0.0277. The summed E-state index contributed by atoms with van der Waals surface area (Å²) in [5.41, 5.74) is 3.79. The zero-order valence-corrected chi connectivity index (χ0v) is 19.4. The van der Waals surface area contributed by atoms with Crippen molar-refractivity contribution in [2.45, 2.75) is 38.3 Å². The molecule has 35 heavy (non-hydrogen) atoms. The Labute approximate surface area is 201 Å². The summed E-state index contributed by atoms with van der Waals surface area (Å²) in [5.74, 6) is 0.303. The van der Waals surface area contributed by atoms with Crippen LogP contribution in [-0.4, -0.2) is 66.4 Å². The van der Waals surface area contributed by atoms with Gasteiger partial charge in [0.2, 0.25) is 0 Å². The highest BCUT2D eigenvalue weighted by atomic mass is 16.3. The fourth-order valence-corrected chi connectivity index (χ4v) is 5.37. The molecule has 6 rings (SSSR count). The molecule has 2 N–H and O–H groups in total. The van der Waals surface area contributed by atoms with Crippen LogP contribution in [0.4, 0.5) is 5.82 Å². The smallest absolute Gasteiger partial charge is 0.256 e. The number of anilines is 1. The maximum atomic E-state index is 13.7. The second kappa shape index (κ2) is 8.36. The molecule has 5 heterocycles. The number of likely N-dealkylation sites (tertiary alicyclic amines) is 1. The lowest BCUT2D eigenvalue weighted by molar-refractivity contribution is 0.0607. The number of β-amino-alcohol motifs (C(OH)–C–C–N with tert-alkyl or cyclic N) is 1. The number of piperidine rings is 1. The minimum Gasteiger partial charge on any atom is -0.390 e. The molecule has 2 saturated heterocycles. The number of hydrogen-bond acceptors (Lipinski definition) is 7. The first kappa shape index (κ1) is 21.6. The van der Waals surface area contributed by atoms with Crippen LogP contribution in [0.2, 0.25) is 0 Å². The van der Waals surface area contributed by atoms with Crippen LogP contribution >= 0.6 is 0 Å². The van der Waals surface area contributed by atoms with Crippen molar-refractivity contribution in [1.82, 2.24) is 29.7 Å². The molecule has 3 atom stereocenters. The Morgan fingerprint density at radius 2 is 2.17 bits per heavy atom. The molecule has 4 aromatic rings. The number of aromatic nitrogens is 5. The zero-order valence-electron chi connectivity index (χ0n) is 19.4. The molecule has 0 saturated carbocycles. The van der Waals surface area contributed by atoms with Gasteiger partial charge in [0.1, 0.15) is 5.82 Å². The van der Waals surface area contributed by atoms with Crippen molar-refractivity contribution in [1.29, 1.82) is 5.26 Å². The summed E-state index contributed by atoms with van der Waals surface area (Å²) in [7, 11) is 0. The van der Waals surface area contributed by atoms with Crippen molar-refractivity contribution in [2.75, 3.05) is 24.5 Å². The number of aromatic amines is 1. The standard InChI is InChI=1S/C25H26N8O2/c1-15-12-33-22(28-24(15)31-13-17(10-26)21(34)14-31)9-19(30-33)20-7-2-3-8-32(20)25(35)18-6-4-5-16-11-27-29-23(16)18/h4-6,9,11-12,17,20-21,34H,2-3,7-8,13-14H2,1H3,(H,27,29)/t17-,20+,21+/m1/s1. The lowest BCUT2D eigenvalue weighted by Crippen LogP contribution is -2.38. The number of hydrogen-bond donors (Lipinski definition) is 2. The number of amides is 1. The number of para-hydroxylation sites is 1. The number of carbonyl (C=O) groups is 1. The summed E-state index contributed by atoms with van der Waals surface area (Å²) in [4.78, 5) is 22.4. The van der Waals surface area contributed by atoms with Crippen LogP contribution in [-0.2, 0) is 0 Å². The van der Waals surface area contributed by atoms with Gasteiger partial charge in [-0.05, 0) is 32.3 Å². The maximum Gasteiger partial charge on any atom is 0.256 e. The van der Waals surface area contributed by atoms with Crippen molar-refractivity contribution < 1.29 is 9.90 Å². The molecular weight excluding hydrogens is 444 g/mol. The van der Waals surface area contributed by atoms with Gasteiger partial charge in [-0.1, -0.05) is 12.1 Å². The number of nitrogens with zero attached hydrogens (tertiary/aromatic N) is 7. The zero-order chi connectivity index (χ0) is 24.1. The molecule has 0 unspecified atom stereocenters. The lowest BCUT2D eigenvalue weighted by atomic mass is 9.98. The van der Waals surface area contributed by atoms with E-state index in [1.54, 1.807) is 10.7 Å². The van der Waals surface area contributed by atoms with Gasteiger partial charge in [-0.2, -0.15) is 15.5 Å². The van der Waals surface area contributed by atoms with Crippen LogP contribution in [0.25, 0.3) is 16.6 Å². The van der Waals surface area contributed by atoms with Crippen molar-refractivity contribution in [3.63, 3.8) is 0 Å². The van der Waals surface area contributed by atoms with E-state index in [0.717, 1.165) is 47.2 Å². The average molecular weight is 471 g/mol. The first-order valence-corrected chi connectivity index (χ1v) is 12.0. The molecular formula is C25H26N8O2. The van der Waals surface area contributed by atoms with E-state index in [2.05, 4.69) is 16.3 Å². The monoisotopic (exact) mass is 470 g/mol. The predicted octanol–water partition coefficient (Wildman–Crippen LogP) is 2.60. The van der Waals surface area contributed by atoms with Gasteiger partial charge >= 0.3 is 0 Å². The second-order valence-electron chi connectivity index (χ2n) is 9.48. The SMILES string of the molecule is Cc1cn2nc([C@@H]3CCCCN3C(=O)c3cccc4cn[nH]c34)cc2nc1N1C[C@@H](C#N)[C@@H](O)C1. The summed E-state index contributed by atoms with van der Waals surface area (Å²) >= 11 is 0. The van der Waals surface area contributed by atoms with Gasteiger partial charge in [0.05, 0.1) is 47.1 Å². The summed E-state index contributed by atoms with van der Waals surface area (Å²) in [6.07, 6.45) is 5.78. The van der Waals surface area contributed by atoms with E-state index in [0.29, 0.717) is 30.8 Å². The van der Waals surface area contributed by atoms with Crippen LogP contribution < -0.4 is 4.90 Å². The van der Waals surface area contributed by atoms with Gasteiger partial charge in [-0.3, -0.25) is 9.89 Å². The Morgan fingerprint density at radius 1 is 1.29 bits per heavy atom. The molecule has 0 bridgehead atoms. The Morgan fingerprint density at radius 3 is 3.00 bits per heavy atom. The molecule has 2 aliphatic heterocycles. The van der Waals surface area contributed by atoms with Crippen LogP contribution in [0.15, 0.2) is 36.7 Å². The van der Waals surface area contributed by atoms with E-state index in [1.165, 1.54) is 0 Å². The van der Waals surface area contributed by atoms with E-state index in [9.17, 15) is 15.2 Å². The molecule has 10 heteroatoms. The van der Waals surface area contributed by atoms with E-state index < -0.39 is 12.0 Å². The Bertz CT molecular complexity index is 1470. The highest BCUT2D eigenvalue weighted by molar-refractivity contribution is 6.05. The van der Waals surface area contributed by atoms with Crippen molar-refractivity contribution in [2.24, 2.45) is 5.92 Å². The van der Waals surface area contributed by atoms with Gasteiger partial charge in [-0.15, -0.1) is 0 Å². The maximum absolute atomic E-state index is 13.7. The third kappa shape index (κ3) is 3.59. The first-order valence-electron chi connectivity index (χ1n) is 12.0. The molecule has 2 fully saturated rings. The van der Waals surface area contributed by atoms with Crippen molar-refractivity contribution in [3.8, 4) is 6.07 Å². The number of nitrogens with one attached hydrogen (secondary N) is 1. The Balaban J connectivity index is 1.34. The van der Waals surface area contributed by atoms with Crippen LogP contribution in [0.5, 0.6) is 0 Å². The van der Waals surface area contributed by atoms with Gasteiger partial charge < -0.3 is 14.9 Å². The van der Waals surface area contributed by atoms with Crippen LogP contribution in [0.1, 0.15) is 46.9 Å². The quantitative estimate of drug-likeness (QED) is 0.471. The van der Waals surface area contributed by atoms with Gasteiger partial charge in [0.25, 0.3) is 5.91 Å². The summed E-state index contributed by atoms with van der Waals surface area (Å²) in [6, 6.07) is 9.65. The third-order valence-electron chi connectivity index (χ3n) is 7.19. The van der Waals surface area contributed by atoms with Crippen molar-refractivity contribution >= 4 is 28.3 Å². The highest BCUT2D eigenvalue weighted by Crippen LogP contribution is 2.34. The van der Waals surface area contributed by atoms with Gasteiger partial charge in [-0.25, -0.2) is 9.50 Å². The molecule has 3 aromatic heterocycles. The lowest BCUT2D eigenvalue weighted by Gasteiger charge is -2.34. The highest BCUT2D eigenvalue weighted by Gasteiger charge is 2.34. The number of rotatable bonds is 3. The molecule has 2 aliphatic rings. The number of nitriles is 1. The molecule has 0 spiro atoms. The number of aryl methyl sites for hydroxylation is 1. The predicted molar refractivity (Wildman–Crippen MR) is 129 cm³/mol. The topological polar surface area (TPSA) is 126 Å². The first-order chi connectivity index (χ1) is 17.0. The fraction of sp³-hybridized carbons (Fsp3) is 0.400. The molecule has 178 valence electrons. The largest absolute Gasteiger partial charge is 0.390 e. The third-order valence-corrected chi connectivity index (χ3v) is 7.19. The van der Waals surface area contributed by atoms with Gasteiger partial charge in [0.15, 0.2) is 5.65 Å². The number of fused-ring (bicyclic) bond motifs is 2. The van der Waals surface area contributed by atoms with E-state index in [-0.39, 0.29) is 11.9 Å². The van der Waals surface area contributed by atoms with E-state index in [1.807, 2.05) is 47.2 Å². The molecule has 0 aliphatic carbocycles. The molecule has 1 amide bonds. The number of aliphatic hydroxyl groups is 1. The fourth-order valence-electron chi connectivity index (χ4n) is 5.37. The number of benzene rings is 1. The average Bonchev–Trinajstić information content (AvgIpc) is 3.60. The minimum atomic E-state index is -0.681. The number of aliphatic hydroxyl groups excluding tert-OH is 1. The Hall–Kier alpha value is -3.97. The summed E-state index contributed by atoms with van der Waals surface area (Å²) in [5, 5.41) is 32.2. The van der Waals surface area contributed by atoms with Gasteiger partial charge in [0, 0.05) is 42.8 Å². The molecule has 1 aromatic carbocycles. The second-order valence-corrected chi connectivity index (χ2v) is 9.48. The van der Waals surface area contributed by atoms with Crippen molar-refractivity contribution in [3.05, 3.63) is 53.5 Å².